The Morgan fingerprint density at radius 2 is 2.00 bits per heavy atom. The summed E-state index contributed by atoms with van der Waals surface area (Å²) in [4.78, 5) is 20.0. The van der Waals surface area contributed by atoms with Crippen molar-refractivity contribution < 1.29 is 9.90 Å². The van der Waals surface area contributed by atoms with Crippen molar-refractivity contribution in [2.24, 2.45) is 16.3 Å². The number of aliphatic imine (C=N–C) groups is 1. The van der Waals surface area contributed by atoms with Crippen LogP contribution in [0.5, 0.6) is 5.75 Å². The van der Waals surface area contributed by atoms with Gasteiger partial charge in [-0.05, 0) is 64.8 Å². The summed E-state index contributed by atoms with van der Waals surface area (Å²) in [6.07, 6.45) is 3.52. The maximum absolute atomic E-state index is 13.6. The molecule has 1 N–H and O–H groups in total. The summed E-state index contributed by atoms with van der Waals surface area (Å²) >= 11 is 0. The largest absolute Gasteiger partial charge is 0.508 e. The van der Waals surface area contributed by atoms with Gasteiger partial charge in [-0.2, -0.15) is 0 Å². The number of hydrogen-bond donors (Lipinski definition) is 1. The molecule has 28 heavy (non-hydrogen) atoms. The van der Waals surface area contributed by atoms with Crippen LogP contribution >= 0.6 is 0 Å². The number of fused-ring (bicyclic) bond motifs is 4. The molecule has 3 unspecified atom stereocenters. The molecule has 0 saturated carbocycles. The number of hydrogen-bond acceptors (Lipinski definition) is 3. The van der Waals surface area contributed by atoms with E-state index < -0.39 is 0 Å². The first-order valence-electron chi connectivity index (χ1n) is 10.1. The molecule has 144 valence electrons. The molecular formula is C24H26N2O2. The van der Waals surface area contributed by atoms with Gasteiger partial charge >= 0.3 is 0 Å². The lowest BCUT2D eigenvalue weighted by Crippen LogP contribution is -2.56. The molecule has 1 saturated heterocycles. The lowest BCUT2D eigenvalue weighted by molar-refractivity contribution is 0.00820. The average Bonchev–Trinajstić information content (AvgIpc) is 3.27. The number of likely N-dealkylation sites (tertiary alicyclic amines) is 1. The summed E-state index contributed by atoms with van der Waals surface area (Å²) in [5.74, 6) is 1.18. The van der Waals surface area contributed by atoms with E-state index in [2.05, 4.69) is 36.7 Å². The molecule has 1 fully saturated rings. The van der Waals surface area contributed by atoms with Crippen LogP contribution in [0.4, 0.5) is 5.69 Å². The van der Waals surface area contributed by atoms with Gasteiger partial charge in [-0.3, -0.25) is 9.79 Å². The summed E-state index contributed by atoms with van der Waals surface area (Å²) in [7, 11) is 0. The molecule has 5 rings (SSSR count). The Balaban J connectivity index is 1.54. The predicted octanol–water partition coefficient (Wildman–Crippen LogP) is 4.48. The maximum atomic E-state index is 13.6. The van der Waals surface area contributed by atoms with E-state index in [1.54, 1.807) is 6.07 Å². The molecule has 0 bridgehead atoms. The predicted molar refractivity (Wildman–Crippen MR) is 111 cm³/mol. The third-order valence-corrected chi connectivity index (χ3v) is 7.21. The van der Waals surface area contributed by atoms with Crippen LogP contribution in [0.3, 0.4) is 0 Å². The Morgan fingerprint density at radius 1 is 1.18 bits per heavy atom. The fourth-order valence-electron chi connectivity index (χ4n) is 5.39. The number of benzene rings is 2. The number of carbonyl (C=O) groups excluding carboxylic acids is 1. The van der Waals surface area contributed by atoms with Crippen LogP contribution in [0, 0.1) is 11.3 Å². The SMILES string of the molecule is CC1C2c3ccc(O)cc3CC2N(C(=O)c2ccc3c(c2)CC=N3)CC1(C)C. The number of phenols is 1. The summed E-state index contributed by atoms with van der Waals surface area (Å²) < 4.78 is 0. The summed E-state index contributed by atoms with van der Waals surface area (Å²) in [6, 6.07) is 11.8. The number of piperidine rings is 1. The van der Waals surface area contributed by atoms with Crippen LogP contribution in [0.2, 0.25) is 0 Å². The molecule has 0 radical (unpaired) electrons. The van der Waals surface area contributed by atoms with E-state index in [0.29, 0.717) is 17.6 Å². The van der Waals surface area contributed by atoms with E-state index in [1.807, 2.05) is 30.5 Å². The van der Waals surface area contributed by atoms with E-state index in [4.69, 9.17) is 0 Å². The van der Waals surface area contributed by atoms with Crippen molar-refractivity contribution in [1.82, 2.24) is 4.90 Å². The Labute approximate surface area is 165 Å². The first kappa shape index (κ1) is 17.5. The molecule has 2 heterocycles. The Bertz CT molecular complexity index is 1010. The molecule has 3 atom stereocenters. The Morgan fingerprint density at radius 3 is 2.82 bits per heavy atom. The zero-order valence-corrected chi connectivity index (χ0v) is 16.6. The highest BCUT2D eigenvalue weighted by Crippen LogP contribution is 2.52. The van der Waals surface area contributed by atoms with Crippen molar-refractivity contribution >= 4 is 17.8 Å². The number of rotatable bonds is 1. The van der Waals surface area contributed by atoms with Crippen LogP contribution in [-0.2, 0) is 12.8 Å². The molecule has 1 amide bonds. The van der Waals surface area contributed by atoms with Gasteiger partial charge in [0.2, 0.25) is 0 Å². The number of carbonyl (C=O) groups is 1. The highest BCUT2D eigenvalue weighted by atomic mass is 16.3. The second-order valence-corrected chi connectivity index (χ2v) is 9.25. The Hall–Kier alpha value is -2.62. The van der Waals surface area contributed by atoms with Crippen LogP contribution < -0.4 is 0 Å². The molecule has 3 aliphatic rings. The fourth-order valence-corrected chi connectivity index (χ4v) is 5.39. The van der Waals surface area contributed by atoms with E-state index in [0.717, 1.165) is 36.2 Å². The highest BCUT2D eigenvalue weighted by molar-refractivity contribution is 5.96. The van der Waals surface area contributed by atoms with Crippen molar-refractivity contribution in [2.75, 3.05) is 6.54 Å². The topological polar surface area (TPSA) is 52.9 Å². The highest BCUT2D eigenvalue weighted by Gasteiger charge is 2.51. The van der Waals surface area contributed by atoms with Crippen molar-refractivity contribution in [3.05, 3.63) is 58.7 Å². The van der Waals surface area contributed by atoms with Crippen molar-refractivity contribution in [2.45, 2.75) is 45.6 Å². The number of aromatic hydroxyl groups is 1. The third kappa shape index (κ3) is 2.50. The van der Waals surface area contributed by atoms with Gasteiger partial charge in [-0.25, -0.2) is 0 Å². The first-order chi connectivity index (χ1) is 13.3. The normalized spacial score (nSPS) is 26.7. The van der Waals surface area contributed by atoms with Gasteiger partial charge < -0.3 is 10.0 Å². The van der Waals surface area contributed by atoms with Gasteiger partial charge in [0.25, 0.3) is 5.91 Å². The minimum atomic E-state index is 0.0240. The first-order valence-corrected chi connectivity index (χ1v) is 10.1. The minimum Gasteiger partial charge on any atom is -0.508 e. The lowest BCUT2D eigenvalue weighted by Gasteiger charge is -2.50. The second kappa shape index (κ2) is 5.94. The second-order valence-electron chi connectivity index (χ2n) is 9.25. The standard InChI is InChI=1S/C24H26N2O2/c1-14-22-19-6-5-18(27)11-17(19)12-21(22)26(13-24(14,2)3)23(28)16-4-7-20-15(10-16)8-9-25-20/h4-7,9-11,14,21-22,27H,8,12-13H2,1-3H3. The molecule has 2 aromatic carbocycles. The van der Waals surface area contributed by atoms with Crippen molar-refractivity contribution in [3.63, 3.8) is 0 Å². The molecular weight excluding hydrogens is 348 g/mol. The van der Waals surface area contributed by atoms with Crippen LogP contribution in [0.15, 0.2) is 41.4 Å². The quantitative estimate of drug-likeness (QED) is 0.800. The van der Waals surface area contributed by atoms with Gasteiger partial charge in [-0.1, -0.05) is 26.8 Å². The molecule has 4 nitrogen and oxygen atoms in total. The monoisotopic (exact) mass is 374 g/mol. The minimum absolute atomic E-state index is 0.0240. The number of phenolic OH excluding ortho intramolecular Hbond substituents is 1. The summed E-state index contributed by atoms with van der Waals surface area (Å²) in [6.45, 7) is 7.60. The van der Waals surface area contributed by atoms with Gasteiger partial charge in [-0.15, -0.1) is 0 Å². The maximum Gasteiger partial charge on any atom is 0.254 e. The molecule has 0 spiro atoms. The zero-order chi connectivity index (χ0) is 19.6. The lowest BCUT2D eigenvalue weighted by atomic mass is 9.66. The summed E-state index contributed by atoms with van der Waals surface area (Å²) in [5.41, 5.74) is 5.36. The average molecular weight is 374 g/mol. The van der Waals surface area contributed by atoms with Crippen LogP contribution in [0.25, 0.3) is 0 Å². The third-order valence-electron chi connectivity index (χ3n) is 7.21. The van der Waals surface area contributed by atoms with Gasteiger partial charge in [0.05, 0.1) is 5.69 Å². The fraction of sp³-hybridized carbons (Fsp3) is 0.417. The molecule has 2 aliphatic heterocycles. The molecule has 1 aliphatic carbocycles. The van der Waals surface area contributed by atoms with Crippen molar-refractivity contribution in [1.29, 1.82) is 0 Å². The molecule has 4 heteroatoms. The summed E-state index contributed by atoms with van der Waals surface area (Å²) in [5, 5.41) is 9.95. The van der Waals surface area contributed by atoms with Gasteiger partial charge in [0, 0.05) is 36.7 Å². The van der Waals surface area contributed by atoms with Crippen LogP contribution in [-0.4, -0.2) is 34.7 Å². The Kier molecular flexibility index (Phi) is 3.71. The van der Waals surface area contributed by atoms with Crippen LogP contribution in [0.1, 0.15) is 53.7 Å². The van der Waals surface area contributed by atoms with Crippen molar-refractivity contribution in [3.8, 4) is 5.75 Å². The van der Waals surface area contributed by atoms with E-state index in [1.165, 1.54) is 11.1 Å². The molecule has 0 aromatic heterocycles. The van der Waals surface area contributed by atoms with Gasteiger partial charge in [0.15, 0.2) is 0 Å². The van der Waals surface area contributed by atoms with E-state index >= 15 is 0 Å². The van der Waals surface area contributed by atoms with Gasteiger partial charge in [0.1, 0.15) is 5.75 Å². The smallest absolute Gasteiger partial charge is 0.254 e. The zero-order valence-electron chi connectivity index (χ0n) is 16.6. The number of amides is 1. The molecule has 2 aromatic rings. The number of nitrogens with zero attached hydrogens (tertiary/aromatic N) is 2. The van der Waals surface area contributed by atoms with E-state index in [-0.39, 0.29) is 17.4 Å². The van der Waals surface area contributed by atoms with E-state index in [9.17, 15) is 9.90 Å².